The van der Waals surface area contributed by atoms with Crippen molar-refractivity contribution >= 4 is 27.4 Å². The van der Waals surface area contributed by atoms with E-state index in [-0.39, 0.29) is 0 Å². The summed E-state index contributed by atoms with van der Waals surface area (Å²) in [6, 6.07) is 10.3. The molecule has 1 aromatic carbocycles. The Morgan fingerprint density at radius 2 is 1.84 bits per heavy atom. The highest BCUT2D eigenvalue weighted by molar-refractivity contribution is 9.10. The molecule has 0 saturated carbocycles. The molecule has 0 saturated heterocycles. The summed E-state index contributed by atoms with van der Waals surface area (Å²) in [5.74, 6) is 1.69. The first-order valence-corrected chi connectivity index (χ1v) is 7.40. The maximum absolute atomic E-state index is 4.51. The van der Waals surface area contributed by atoms with E-state index in [1.54, 1.807) is 0 Å². The van der Waals surface area contributed by atoms with Gasteiger partial charge in [0.2, 0.25) is 0 Å². The molecule has 0 amide bonds. The average molecular weight is 320 g/mol. The van der Waals surface area contributed by atoms with Crippen LogP contribution in [0.3, 0.4) is 0 Å². The van der Waals surface area contributed by atoms with Gasteiger partial charge in [-0.15, -0.1) is 0 Å². The molecular formula is C15H18BrN3. The molecule has 4 heteroatoms. The second-order valence-corrected chi connectivity index (χ2v) is 5.23. The third-order valence-corrected chi connectivity index (χ3v) is 3.26. The number of halogens is 1. The van der Waals surface area contributed by atoms with Gasteiger partial charge in [-0.2, -0.15) is 0 Å². The number of hydrogen-bond donors (Lipinski definition) is 1. The van der Waals surface area contributed by atoms with Gasteiger partial charge in [-0.05, 0) is 46.5 Å². The summed E-state index contributed by atoms with van der Waals surface area (Å²) >= 11 is 3.43. The van der Waals surface area contributed by atoms with E-state index in [0.717, 1.165) is 41.2 Å². The van der Waals surface area contributed by atoms with E-state index in [9.17, 15) is 0 Å². The highest BCUT2D eigenvalue weighted by atomic mass is 79.9. The van der Waals surface area contributed by atoms with Crippen molar-refractivity contribution < 1.29 is 0 Å². The monoisotopic (exact) mass is 319 g/mol. The normalized spacial score (nSPS) is 10.5. The molecule has 0 fully saturated rings. The largest absolute Gasteiger partial charge is 0.340 e. The number of hydrogen-bond acceptors (Lipinski definition) is 3. The maximum atomic E-state index is 4.51. The van der Waals surface area contributed by atoms with Crippen LogP contribution in [0.4, 0.5) is 11.5 Å². The number of rotatable bonds is 5. The van der Waals surface area contributed by atoms with Crippen LogP contribution in [-0.4, -0.2) is 9.97 Å². The molecule has 0 aliphatic carbocycles. The van der Waals surface area contributed by atoms with Crippen molar-refractivity contribution in [3.63, 3.8) is 0 Å². The van der Waals surface area contributed by atoms with Crippen molar-refractivity contribution in [3.05, 3.63) is 46.3 Å². The third-order valence-electron chi connectivity index (χ3n) is 2.85. The zero-order chi connectivity index (χ0) is 13.7. The van der Waals surface area contributed by atoms with Gasteiger partial charge in [0.05, 0.1) is 0 Å². The standard InChI is InChI=1S/C15H18BrN3/c1-3-5-14-18-13(16)10-15(19-14)17-12-8-6-11(4-2)7-9-12/h6-10H,3-5H2,1-2H3,(H,17,18,19). The fraction of sp³-hybridized carbons (Fsp3) is 0.333. The van der Waals surface area contributed by atoms with Gasteiger partial charge >= 0.3 is 0 Å². The summed E-state index contributed by atoms with van der Waals surface area (Å²) < 4.78 is 0.818. The van der Waals surface area contributed by atoms with E-state index in [2.05, 4.69) is 69.3 Å². The fourth-order valence-corrected chi connectivity index (χ4v) is 2.26. The summed E-state index contributed by atoms with van der Waals surface area (Å²) in [6.07, 6.45) is 2.99. The van der Waals surface area contributed by atoms with E-state index >= 15 is 0 Å². The topological polar surface area (TPSA) is 37.8 Å². The Hall–Kier alpha value is -1.42. The lowest BCUT2D eigenvalue weighted by Crippen LogP contribution is -2.00. The van der Waals surface area contributed by atoms with Crippen LogP contribution in [0, 0.1) is 0 Å². The number of aromatic nitrogens is 2. The number of anilines is 2. The number of nitrogens with zero attached hydrogens (tertiary/aromatic N) is 2. The molecule has 0 bridgehead atoms. The molecule has 3 nitrogen and oxygen atoms in total. The molecule has 100 valence electrons. The van der Waals surface area contributed by atoms with E-state index < -0.39 is 0 Å². The quantitative estimate of drug-likeness (QED) is 0.825. The Kier molecular flexibility index (Phi) is 4.91. The Morgan fingerprint density at radius 1 is 1.11 bits per heavy atom. The molecule has 0 atom stereocenters. The lowest BCUT2D eigenvalue weighted by molar-refractivity contribution is 0.831. The SMILES string of the molecule is CCCc1nc(Br)cc(Nc2ccc(CC)cc2)n1. The molecule has 0 spiro atoms. The Morgan fingerprint density at radius 3 is 2.47 bits per heavy atom. The smallest absolute Gasteiger partial charge is 0.135 e. The third kappa shape index (κ3) is 4.03. The minimum Gasteiger partial charge on any atom is -0.340 e. The van der Waals surface area contributed by atoms with Crippen LogP contribution >= 0.6 is 15.9 Å². The Labute approximate surface area is 122 Å². The first-order chi connectivity index (χ1) is 9.21. The van der Waals surface area contributed by atoms with Gasteiger partial charge in [-0.25, -0.2) is 9.97 Å². The van der Waals surface area contributed by atoms with Gasteiger partial charge in [0, 0.05) is 18.2 Å². The lowest BCUT2D eigenvalue weighted by Gasteiger charge is -2.08. The van der Waals surface area contributed by atoms with Crippen LogP contribution in [0.2, 0.25) is 0 Å². The molecule has 0 unspecified atom stereocenters. The Bertz CT molecular complexity index is 538. The molecule has 19 heavy (non-hydrogen) atoms. The highest BCUT2D eigenvalue weighted by Gasteiger charge is 2.03. The van der Waals surface area contributed by atoms with E-state index in [1.807, 2.05) is 6.07 Å². The van der Waals surface area contributed by atoms with Crippen LogP contribution in [0.5, 0.6) is 0 Å². The zero-order valence-corrected chi connectivity index (χ0v) is 12.9. The van der Waals surface area contributed by atoms with Gasteiger partial charge in [0.25, 0.3) is 0 Å². The van der Waals surface area contributed by atoms with E-state index in [4.69, 9.17) is 0 Å². The van der Waals surface area contributed by atoms with Crippen molar-refractivity contribution in [2.24, 2.45) is 0 Å². The minimum atomic E-state index is 0.818. The minimum absolute atomic E-state index is 0.818. The fourth-order valence-electron chi connectivity index (χ4n) is 1.84. The predicted molar refractivity (Wildman–Crippen MR) is 82.8 cm³/mol. The average Bonchev–Trinajstić information content (AvgIpc) is 2.39. The number of nitrogens with one attached hydrogen (secondary N) is 1. The summed E-state index contributed by atoms with van der Waals surface area (Å²) in [5.41, 5.74) is 2.38. The molecule has 1 heterocycles. The molecule has 2 aromatic rings. The Balaban J connectivity index is 2.17. The predicted octanol–water partition coefficient (Wildman–Crippen LogP) is 4.50. The highest BCUT2D eigenvalue weighted by Crippen LogP contribution is 2.19. The summed E-state index contributed by atoms with van der Waals surface area (Å²) in [4.78, 5) is 8.87. The molecule has 0 aliphatic rings. The van der Waals surface area contributed by atoms with Gasteiger partial charge in [0.15, 0.2) is 0 Å². The summed E-state index contributed by atoms with van der Waals surface area (Å²) in [7, 11) is 0. The molecule has 0 aliphatic heterocycles. The maximum Gasteiger partial charge on any atom is 0.135 e. The number of aryl methyl sites for hydroxylation is 2. The van der Waals surface area contributed by atoms with E-state index in [1.165, 1.54) is 5.56 Å². The van der Waals surface area contributed by atoms with Crippen molar-refractivity contribution in [2.45, 2.75) is 33.1 Å². The van der Waals surface area contributed by atoms with Crippen molar-refractivity contribution in [3.8, 4) is 0 Å². The van der Waals surface area contributed by atoms with Crippen LogP contribution in [0.25, 0.3) is 0 Å². The van der Waals surface area contributed by atoms with Crippen LogP contribution < -0.4 is 5.32 Å². The molecule has 0 radical (unpaired) electrons. The van der Waals surface area contributed by atoms with Crippen molar-refractivity contribution in [1.29, 1.82) is 0 Å². The first kappa shape index (κ1) is 14.0. The van der Waals surface area contributed by atoms with Crippen LogP contribution in [0.1, 0.15) is 31.7 Å². The van der Waals surface area contributed by atoms with Gasteiger partial charge in [-0.3, -0.25) is 0 Å². The van der Waals surface area contributed by atoms with Gasteiger partial charge < -0.3 is 5.32 Å². The second kappa shape index (κ2) is 6.66. The lowest BCUT2D eigenvalue weighted by atomic mass is 10.1. The summed E-state index contributed by atoms with van der Waals surface area (Å²) in [6.45, 7) is 4.28. The first-order valence-electron chi connectivity index (χ1n) is 6.60. The second-order valence-electron chi connectivity index (χ2n) is 4.42. The summed E-state index contributed by atoms with van der Waals surface area (Å²) in [5, 5.41) is 3.31. The zero-order valence-electron chi connectivity index (χ0n) is 11.3. The molecule has 1 aromatic heterocycles. The van der Waals surface area contributed by atoms with Crippen molar-refractivity contribution in [1.82, 2.24) is 9.97 Å². The molecular weight excluding hydrogens is 302 g/mol. The van der Waals surface area contributed by atoms with E-state index in [0.29, 0.717) is 0 Å². The van der Waals surface area contributed by atoms with Crippen LogP contribution in [-0.2, 0) is 12.8 Å². The van der Waals surface area contributed by atoms with Gasteiger partial charge in [-0.1, -0.05) is 26.0 Å². The van der Waals surface area contributed by atoms with Crippen LogP contribution in [0.15, 0.2) is 34.9 Å². The number of benzene rings is 1. The molecule has 1 N–H and O–H groups in total. The van der Waals surface area contributed by atoms with Gasteiger partial charge in [0.1, 0.15) is 16.2 Å². The molecule has 2 rings (SSSR count). The van der Waals surface area contributed by atoms with Crippen molar-refractivity contribution in [2.75, 3.05) is 5.32 Å².